The first-order valence-corrected chi connectivity index (χ1v) is 1.53. The summed E-state index contributed by atoms with van der Waals surface area (Å²) in [4.78, 5) is 0. The Labute approximate surface area is 59.0 Å². The molecule has 1 aromatic carbocycles. The fourth-order valence-corrected chi connectivity index (χ4v) is 0.180. The minimum Gasteiger partial charge on any atom is -0.999 e. The Bertz CT molecular complexity index is 92.1. The number of hydrogen-bond acceptors (Lipinski definition) is 0. The second kappa shape index (κ2) is 9.78. The van der Waals surface area contributed by atoms with Crippen LogP contribution in [0.4, 0.5) is 0 Å². The van der Waals surface area contributed by atoms with Crippen molar-refractivity contribution in [2.45, 2.75) is 0 Å². The Kier molecular flexibility index (Phi) is 12.9. The normalized spacial score (nSPS) is 5.25. The Hall–Kier alpha value is -0.404. The summed E-state index contributed by atoms with van der Waals surface area (Å²) in [5.41, 5.74) is 0. The summed E-state index contributed by atoms with van der Waals surface area (Å²) in [5, 5.41) is 0. The van der Waals surface area contributed by atoms with Crippen molar-refractivity contribution in [3.63, 3.8) is 0 Å². The predicted molar refractivity (Wildman–Crippen MR) is 21.3 cm³/mol. The van der Waals surface area contributed by atoms with E-state index in [1.165, 1.54) is 0 Å². The first-order valence-electron chi connectivity index (χ1n) is 1.53. The van der Waals surface area contributed by atoms with Crippen molar-refractivity contribution in [1.29, 1.82) is 0 Å². The largest absolute Gasteiger partial charge is 3.00 e. The summed E-state index contributed by atoms with van der Waals surface area (Å²) in [7, 11) is 0. The molecule has 1 nitrogen and oxygen atoms in total. The number of hydrogen-bond donors (Lipinski definition) is 0. The molecule has 1 aromatic rings. The van der Waals surface area contributed by atoms with E-state index >= 15 is 0 Å². The van der Waals surface area contributed by atoms with Gasteiger partial charge in [-0.05, 0) is 0 Å². The van der Waals surface area contributed by atoms with Gasteiger partial charge in [-0.3, -0.25) is 0 Å². The van der Waals surface area contributed by atoms with Crippen LogP contribution in [0.15, 0.2) is 6.07 Å². The van der Waals surface area contributed by atoms with E-state index in [9.17, 15) is 0 Å². The van der Waals surface area contributed by atoms with Crippen molar-refractivity contribution in [2.24, 2.45) is 0 Å². The molecule has 0 saturated heterocycles. The van der Waals surface area contributed by atoms with Gasteiger partial charge in [-0.15, -0.1) is 0 Å². The maximum Gasteiger partial charge on any atom is 3.00 e. The molecule has 0 atom stereocenters. The molecule has 0 spiro atoms. The molecule has 1 rings (SSSR count). The maximum absolute atomic E-state index is 7.50. The minimum atomic E-state index is 0. The van der Waals surface area contributed by atoms with Crippen LogP contribution < -0.4 is 0 Å². The van der Waals surface area contributed by atoms with E-state index in [1.54, 1.807) is 6.07 Å². The molecule has 0 fully saturated rings. The predicted octanol–water partition coefficient (Wildman–Crippen LogP) is 0.566. The molecular formula is C6HCoO-2. The fraction of sp³-hybridized carbons (Fsp3) is 0. The molecular weight excluding hydrogens is 147 g/mol. The smallest absolute Gasteiger partial charge is 0.999 e. The molecule has 0 unspecified atom stereocenters. The molecule has 8 heavy (non-hydrogen) atoms. The molecule has 0 radical (unpaired) electrons. The van der Waals surface area contributed by atoms with Crippen LogP contribution in [0.5, 0.6) is 0 Å². The first-order chi connectivity index (χ1) is 3.50. The van der Waals surface area contributed by atoms with Crippen molar-refractivity contribution in [1.82, 2.24) is 0 Å². The van der Waals surface area contributed by atoms with Crippen LogP contribution in [0, 0.1) is 30.9 Å². The molecule has 0 saturated carbocycles. The van der Waals surface area contributed by atoms with Gasteiger partial charge in [0.2, 0.25) is 0 Å². The molecule has 0 N–H and O–H groups in total. The van der Waals surface area contributed by atoms with Gasteiger partial charge in [-0.2, -0.15) is 0 Å². The van der Waals surface area contributed by atoms with Gasteiger partial charge in [0.15, 0.2) is 0 Å². The van der Waals surface area contributed by atoms with Gasteiger partial charge in [0.25, 0.3) is 0 Å². The molecule has 0 amide bonds. The van der Waals surface area contributed by atoms with Crippen molar-refractivity contribution >= 4 is 0 Å². The van der Waals surface area contributed by atoms with Gasteiger partial charge in [-0.25, -0.2) is 0 Å². The average Bonchev–Trinajstić information content (AvgIpc) is 2.23. The van der Waals surface area contributed by atoms with Crippen LogP contribution in [0.25, 0.3) is 0 Å². The molecule has 0 aliphatic rings. The fourth-order valence-electron chi connectivity index (χ4n) is 0.180. The summed E-state index contributed by atoms with van der Waals surface area (Å²) >= 11 is 0. The Morgan fingerprint density at radius 2 is 1.50 bits per heavy atom. The molecule has 0 aromatic heterocycles. The van der Waals surface area contributed by atoms with Crippen molar-refractivity contribution in [3.8, 4) is 0 Å². The first kappa shape index (κ1) is 10.6. The third-order valence-corrected chi connectivity index (χ3v) is 0.351. The molecule has 0 heterocycles. The Morgan fingerprint density at radius 3 is 1.62 bits per heavy atom. The van der Waals surface area contributed by atoms with Crippen LogP contribution in [-0.2, 0) is 21.4 Å². The molecule has 0 bridgehead atoms. The van der Waals surface area contributed by atoms with Crippen LogP contribution >= 0.6 is 0 Å². The van der Waals surface area contributed by atoms with E-state index in [0.29, 0.717) is 0 Å². The van der Waals surface area contributed by atoms with E-state index in [0.717, 1.165) is 0 Å². The second-order valence-electron chi connectivity index (χ2n) is 0.683. The maximum atomic E-state index is 7.50. The Balaban J connectivity index is 0. The zero-order valence-electron chi connectivity index (χ0n) is 3.82. The third-order valence-electron chi connectivity index (χ3n) is 0.351. The summed E-state index contributed by atoms with van der Waals surface area (Å²) in [6.45, 7) is 4.50. The standard InChI is InChI=1S/C5H.CO.Co/c1-2-4-5-3-1;1-2;/h1H;;/q-5;;+3. The van der Waals surface area contributed by atoms with Gasteiger partial charge in [0.05, 0.1) is 0 Å². The van der Waals surface area contributed by atoms with E-state index < -0.39 is 0 Å². The van der Waals surface area contributed by atoms with Crippen molar-refractivity contribution in [3.05, 3.63) is 37.0 Å². The van der Waals surface area contributed by atoms with Crippen LogP contribution in [0.3, 0.4) is 0 Å². The number of rotatable bonds is 0. The van der Waals surface area contributed by atoms with Crippen molar-refractivity contribution < 1.29 is 21.4 Å². The zero-order chi connectivity index (χ0) is 5.54. The van der Waals surface area contributed by atoms with Gasteiger partial charge in [0, 0.05) is 0 Å². The second-order valence-corrected chi connectivity index (χ2v) is 0.683. The zero-order valence-corrected chi connectivity index (χ0v) is 4.86. The van der Waals surface area contributed by atoms with Crippen molar-refractivity contribution in [2.75, 3.05) is 0 Å². The van der Waals surface area contributed by atoms with Crippen LogP contribution in [0.1, 0.15) is 0 Å². The SMILES string of the molecule is [C-]#[O+].[Co+3].[c-]1[c-][c-][cH-][c-]1. The summed E-state index contributed by atoms with van der Waals surface area (Å²) in [5.74, 6) is 0. The van der Waals surface area contributed by atoms with Gasteiger partial charge in [-0.1, -0.05) is 0 Å². The topological polar surface area (TPSA) is 19.9 Å². The van der Waals surface area contributed by atoms with E-state index in [4.69, 9.17) is 4.65 Å². The quantitative estimate of drug-likeness (QED) is 0.378. The third kappa shape index (κ3) is 5.60. The summed E-state index contributed by atoms with van der Waals surface area (Å²) in [6.07, 6.45) is 0. The van der Waals surface area contributed by atoms with Crippen LogP contribution in [-0.4, -0.2) is 0 Å². The van der Waals surface area contributed by atoms with Gasteiger partial charge < -0.3 is 30.3 Å². The molecule has 2 heteroatoms. The monoisotopic (exact) mass is 148 g/mol. The van der Waals surface area contributed by atoms with Gasteiger partial charge >= 0.3 is 28.1 Å². The Morgan fingerprint density at radius 1 is 1.12 bits per heavy atom. The van der Waals surface area contributed by atoms with E-state index in [-0.39, 0.29) is 16.8 Å². The summed E-state index contributed by atoms with van der Waals surface area (Å²) in [6, 6.07) is 12.0. The molecule has 42 valence electrons. The summed E-state index contributed by atoms with van der Waals surface area (Å²) < 4.78 is 7.50. The van der Waals surface area contributed by atoms with Gasteiger partial charge in [0.1, 0.15) is 0 Å². The minimum absolute atomic E-state index is 0. The molecule has 0 aliphatic carbocycles. The van der Waals surface area contributed by atoms with Crippen LogP contribution in [0.2, 0.25) is 0 Å². The molecule has 0 aliphatic heterocycles. The van der Waals surface area contributed by atoms with E-state index in [2.05, 4.69) is 30.9 Å². The average molecular weight is 148 g/mol. The van der Waals surface area contributed by atoms with E-state index in [1.807, 2.05) is 0 Å².